The van der Waals surface area contributed by atoms with Gasteiger partial charge in [0.1, 0.15) is 6.29 Å². The second kappa shape index (κ2) is 7.10. The van der Waals surface area contributed by atoms with E-state index in [9.17, 15) is 19.7 Å². The number of ether oxygens (including phenoxy) is 2. The predicted octanol–water partition coefficient (Wildman–Crippen LogP) is 1.77. The molecule has 0 atom stereocenters. The normalized spacial score (nSPS) is 9.74. The third kappa shape index (κ3) is 3.77. The zero-order valence-electron chi connectivity index (χ0n) is 10.3. The van der Waals surface area contributed by atoms with Crippen LogP contribution in [0.25, 0.3) is 0 Å². The van der Waals surface area contributed by atoms with E-state index >= 15 is 0 Å². The summed E-state index contributed by atoms with van der Waals surface area (Å²) in [6.45, 7) is 0.229. The molecule has 0 amide bonds. The molecule has 0 radical (unpaired) electrons. The Labute approximate surface area is 109 Å². The van der Waals surface area contributed by atoms with Crippen molar-refractivity contribution < 1.29 is 24.0 Å². The fourth-order valence-corrected chi connectivity index (χ4v) is 1.44. The molecule has 0 spiro atoms. The van der Waals surface area contributed by atoms with Crippen LogP contribution in [0.15, 0.2) is 12.1 Å². The first-order valence-corrected chi connectivity index (χ1v) is 5.52. The van der Waals surface area contributed by atoms with Crippen LogP contribution in [0.3, 0.4) is 0 Å². The Hall–Kier alpha value is -2.44. The molecular weight excluding hydrogens is 254 g/mol. The number of benzene rings is 1. The second-order valence-corrected chi connectivity index (χ2v) is 3.59. The van der Waals surface area contributed by atoms with Gasteiger partial charge >= 0.3 is 0 Å². The molecular formula is C12H13NO6. The minimum Gasteiger partial charge on any atom is -0.493 e. The molecule has 0 aromatic heterocycles. The fourth-order valence-electron chi connectivity index (χ4n) is 1.44. The van der Waals surface area contributed by atoms with E-state index in [-0.39, 0.29) is 29.4 Å². The summed E-state index contributed by atoms with van der Waals surface area (Å²) in [6, 6.07) is 2.39. The zero-order valence-corrected chi connectivity index (χ0v) is 10.3. The molecule has 1 aromatic rings. The highest BCUT2D eigenvalue weighted by molar-refractivity contribution is 5.83. The standard InChI is InChI=1S/C12H13NO6/c1-18-11-6-9(8-15)10(13(16)17)7-12(11)19-5-3-2-4-14/h4,6-8H,2-3,5H2,1H3. The van der Waals surface area contributed by atoms with Crippen LogP contribution in [0.4, 0.5) is 5.69 Å². The van der Waals surface area contributed by atoms with Crippen LogP contribution in [0.5, 0.6) is 11.5 Å². The quantitative estimate of drug-likeness (QED) is 0.308. The number of carbonyl (C=O) groups excluding carboxylic acids is 2. The lowest BCUT2D eigenvalue weighted by molar-refractivity contribution is -0.385. The van der Waals surface area contributed by atoms with Crippen LogP contribution in [0.1, 0.15) is 23.2 Å². The van der Waals surface area contributed by atoms with Crippen LogP contribution in [0.2, 0.25) is 0 Å². The second-order valence-electron chi connectivity index (χ2n) is 3.59. The summed E-state index contributed by atoms with van der Waals surface area (Å²) in [5.41, 5.74) is -0.428. The maximum absolute atomic E-state index is 10.8. The number of rotatable bonds is 8. The largest absolute Gasteiger partial charge is 0.493 e. The molecule has 1 aromatic carbocycles. The number of nitrogens with zero attached hydrogens (tertiary/aromatic N) is 1. The van der Waals surface area contributed by atoms with Crippen molar-refractivity contribution in [3.05, 3.63) is 27.8 Å². The Bertz CT molecular complexity index is 485. The maximum atomic E-state index is 10.8. The Kier molecular flexibility index (Phi) is 5.46. The van der Waals surface area contributed by atoms with Crippen molar-refractivity contribution in [1.82, 2.24) is 0 Å². The first-order valence-electron chi connectivity index (χ1n) is 5.52. The number of hydrogen-bond donors (Lipinski definition) is 0. The SMILES string of the molecule is COc1cc(C=O)c([N+](=O)[O-])cc1OCCCC=O. The summed E-state index contributed by atoms with van der Waals surface area (Å²) < 4.78 is 10.3. The van der Waals surface area contributed by atoms with Gasteiger partial charge in [-0.25, -0.2) is 0 Å². The summed E-state index contributed by atoms with van der Waals surface area (Å²) in [7, 11) is 1.37. The Balaban J connectivity index is 3.00. The molecule has 0 N–H and O–H groups in total. The first kappa shape index (κ1) is 14.6. The van der Waals surface area contributed by atoms with E-state index in [2.05, 4.69) is 0 Å². The van der Waals surface area contributed by atoms with Gasteiger partial charge in [-0.1, -0.05) is 0 Å². The molecule has 7 heteroatoms. The van der Waals surface area contributed by atoms with Gasteiger partial charge < -0.3 is 14.3 Å². The van der Waals surface area contributed by atoms with E-state index < -0.39 is 4.92 Å². The van der Waals surface area contributed by atoms with Gasteiger partial charge in [-0.15, -0.1) is 0 Å². The lowest BCUT2D eigenvalue weighted by atomic mass is 10.1. The molecule has 0 heterocycles. The number of carbonyl (C=O) groups is 2. The minimum atomic E-state index is -0.665. The maximum Gasteiger partial charge on any atom is 0.283 e. The predicted molar refractivity (Wildman–Crippen MR) is 65.8 cm³/mol. The number of methoxy groups -OCH3 is 1. The molecule has 0 aliphatic carbocycles. The van der Waals surface area contributed by atoms with E-state index in [4.69, 9.17) is 9.47 Å². The van der Waals surface area contributed by atoms with Gasteiger partial charge in [-0.3, -0.25) is 14.9 Å². The lowest BCUT2D eigenvalue weighted by Crippen LogP contribution is -2.02. The minimum absolute atomic E-state index is 0.0814. The van der Waals surface area contributed by atoms with Gasteiger partial charge in [-0.05, 0) is 6.42 Å². The fraction of sp³-hybridized carbons (Fsp3) is 0.333. The highest BCUT2D eigenvalue weighted by Crippen LogP contribution is 2.34. The van der Waals surface area contributed by atoms with Crippen LogP contribution in [-0.4, -0.2) is 31.2 Å². The van der Waals surface area contributed by atoms with E-state index in [1.54, 1.807) is 0 Å². The average molecular weight is 267 g/mol. The van der Waals surface area contributed by atoms with E-state index in [0.29, 0.717) is 19.1 Å². The summed E-state index contributed by atoms with van der Waals surface area (Å²) in [5, 5.41) is 10.8. The van der Waals surface area contributed by atoms with E-state index in [1.165, 1.54) is 13.2 Å². The Morgan fingerprint density at radius 2 is 2.05 bits per heavy atom. The highest BCUT2D eigenvalue weighted by atomic mass is 16.6. The molecule has 0 aliphatic rings. The lowest BCUT2D eigenvalue weighted by Gasteiger charge is -2.10. The van der Waals surface area contributed by atoms with Crippen LogP contribution >= 0.6 is 0 Å². The van der Waals surface area contributed by atoms with Crippen molar-refractivity contribution >= 4 is 18.3 Å². The zero-order chi connectivity index (χ0) is 14.3. The van der Waals surface area contributed by atoms with Crippen molar-refractivity contribution in [2.45, 2.75) is 12.8 Å². The molecule has 0 aliphatic heterocycles. The third-order valence-electron chi connectivity index (χ3n) is 2.36. The van der Waals surface area contributed by atoms with Gasteiger partial charge in [0.25, 0.3) is 5.69 Å². The molecule has 0 unspecified atom stereocenters. The molecule has 0 saturated carbocycles. The van der Waals surface area contributed by atoms with Crippen molar-refractivity contribution in [2.75, 3.05) is 13.7 Å². The molecule has 0 bridgehead atoms. The molecule has 102 valence electrons. The topological polar surface area (TPSA) is 95.7 Å². The van der Waals surface area contributed by atoms with Crippen molar-refractivity contribution in [2.24, 2.45) is 0 Å². The van der Waals surface area contributed by atoms with Crippen molar-refractivity contribution in [3.8, 4) is 11.5 Å². The molecule has 0 fully saturated rings. The number of nitro groups is 1. The van der Waals surface area contributed by atoms with E-state index in [0.717, 1.165) is 12.4 Å². The van der Waals surface area contributed by atoms with Gasteiger partial charge in [0.2, 0.25) is 0 Å². The Morgan fingerprint density at radius 1 is 1.32 bits per heavy atom. The number of aldehydes is 2. The van der Waals surface area contributed by atoms with Crippen LogP contribution in [0, 0.1) is 10.1 Å². The average Bonchev–Trinajstić information content (AvgIpc) is 2.42. The monoisotopic (exact) mass is 267 g/mol. The van der Waals surface area contributed by atoms with E-state index in [1.807, 2.05) is 0 Å². The van der Waals surface area contributed by atoms with Gasteiger partial charge in [0.15, 0.2) is 17.8 Å². The van der Waals surface area contributed by atoms with Crippen LogP contribution < -0.4 is 9.47 Å². The van der Waals surface area contributed by atoms with Crippen molar-refractivity contribution in [3.63, 3.8) is 0 Å². The van der Waals surface area contributed by atoms with Crippen LogP contribution in [-0.2, 0) is 4.79 Å². The summed E-state index contributed by atoms with van der Waals surface area (Å²) >= 11 is 0. The smallest absolute Gasteiger partial charge is 0.283 e. The Morgan fingerprint density at radius 3 is 2.58 bits per heavy atom. The van der Waals surface area contributed by atoms with Gasteiger partial charge in [0, 0.05) is 12.5 Å². The number of unbranched alkanes of at least 4 members (excludes halogenated alkanes) is 1. The highest BCUT2D eigenvalue weighted by Gasteiger charge is 2.19. The first-order chi connectivity index (χ1) is 9.13. The van der Waals surface area contributed by atoms with Gasteiger partial charge in [0.05, 0.1) is 30.3 Å². The summed E-state index contributed by atoms with van der Waals surface area (Å²) in [4.78, 5) is 31.1. The number of nitro benzene ring substituents is 1. The third-order valence-corrected chi connectivity index (χ3v) is 2.36. The van der Waals surface area contributed by atoms with Crippen molar-refractivity contribution in [1.29, 1.82) is 0 Å². The molecule has 19 heavy (non-hydrogen) atoms. The summed E-state index contributed by atoms with van der Waals surface area (Å²) in [5.74, 6) is 0.407. The molecule has 0 saturated heterocycles. The molecule has 7 nitrogen and oxygen atoms in total. The number of hydrogen-bond acceptors (Lipinski definition) is 6. The molecule has 1 rings (SSSR count). The summed E-state index contributed by atoms with van der Waals surface area (Å²) in [6.07, 6.45) is 1.99. The van der Waals surface area contributed by atoms with Gasteiger partial charge in [-0.2, -0.15) is 0 Å².